The molecule has 124 valence electrons. The van der Waals surface area contributed by atoms with Crippen molar-refractivity contribution < 1.29 is 9.47 Å². The first-order valence-electron chi connectivity index (χ1n) is 9.05. The molecule has 1 aliphatic heterocycles. The molecule has 0 radical (unpaired) electrons. The molecule has 3 unspecified atom stereocenters. The molecule has 3 atom stereocenters. The summed E-state index contributed by atoms with van der Waals surface area (Å²) in [6.45, 7) is 7.54. The van der Waals surface area contributed by atoms with Crippen molar-refractivity contribution in [3.63, 3.8) is 0 Å². The molecular weight excluding hydrogens is 262 g/mol. The van der Waals surface area contributed by atoms with E-state index in [0.717, 1.165) is 25.7 Å². The molecule has 1 saturated carbocycles. The van der Waals surface area contributed by atoms with Crippen molar-refractivity contribution in [2.45, 2.75) is 76.9 Å². The van der Waals surface area contributed by atoms with Crippen molar-refractivity contribution in [2.24, 2.45) is 11.8 Å². The third-order valence-corrected chi connectivity index (χ3v) is 5.38. The SMILES string of the molecule is CCCNC(CC(C)COC)C1CCOC2(CCCC2)C1. The maximum absolute atomic E-state index is 6.21. The maximum atomic E-state index is 6.21. The molecule has 1 heterocycles. The van der Waals surface area contributed by atoms with Gasteiger partial charge in [-0.25, -0.2) is 0 Å². The van der Waals surface area contributed by atoms with Crippen LogP contribution in [0.1, 0.15) is 65.2 Å². The van der Waals surface area contributed by atoms with Crippen LogP contribution in [0.4, 0.5) is 0 Å². The van der Waals surface area contributed by atoms with Crippen LogP contribution in [0.25, 0.3) is 0 Å². The predicted octanol–water partition coefficient (Wildman–Crippen LogP) is 3.77. The zero-order chi connectivity index (χ0) is 15.1. The number of hydrogen-bond donors (Lipinski definition) is 1. The van der Waals surface area contributed by atoms with Gasteiger partial charge in [0.15, 0.2) is 0 Å². The van der Waals surface area contributed by atoms with Crippen molar-refractivity contribution in [3.05, 3.63) is 0 Å². The number of methoxy groups -OCH3 is 1. The Balaban J connectivity index is 1.94. The molecule has 0 aromatic heterocycles. The largest absolute Gasteiger partial charge is 0.384 e. The van der Waals surface area contributed by atoms with Gasteiger partial charge in [-0.2, -0.15) is 0 Å². The molecule has 1 spiro atoms. The van der Waals surface area contributed by atoms with Crippen LogP contribution in [-0.4, -0.2) is 38.5 Å². The fourth-order valence-electron chi connectivity index (χ4n) is 4.34. The van der Waals surface area contributed by atoms with E-state index in [1.165, 1.54) is 51.4 Å². The van der Waals surface area contributed by atoms with Crippen LogP contribution in [0, 0.1) is 11.8 Å². The van der Waals surface area contributed by atoms with E-state index in [2.05, 4.69) is 19.2 Å². The summed E-state index contributed by atoms with van der Waals surface area (Å²) in [4.78, 5) is 0. The van der Waals surface area contributed by atoms with Gasteiger partial charge in [0.1, 0.15) is 0 Å². The van der Waals surface area contributed by atoms with E-state index in [-0.39, 0.29) is 5.60 Å². The van der Waals surface area contributed by atoms with Gasteiger partial charge in [-0.3, -0.25) is 0 Å². The molecule has 0 aromatic rings. The van der Waals surface area contributed by atoms with Crippen molar-refractivity contribution in [2.75, 3.05) is 26.9 Å². The number of nitrogens with one attached hydrogen (secondary N) is 1. The number of rotatable bonds is 8. The van der Waals surface area contributed by atoms with E-state index >= 15 is 0 Å². The molecule has 3 nitrogen and oxygen atoms in total. The topological polar surface area (TPSA) is 30.5 Å². The minimum Gasteiger partial charge on any atom is -0.384 e. The highest BCUT2D eigenvalue weighted by atomic mass is 16.5. The van der Waals surface area contributed by atoms with Gasteiger partial charge in [-0.05, 0) is 56.9 Å². The van der Waals surface area contributed by atoms with Crippen molar-refractivity contribution in [1.29, 1.82) is 0 Å². The Bertz CT molecular complexity index is 289. The number of ether oxygens (including phenoxy) is 2. The van der Waals surface area contributed by atoms with Crippen LogP contribution in [0.15, 0.2) is 0 Å². The lowest BCUT2D eigenvalue weighted by atomic mass is 9.78. The van der Waals surface area contributed by atoms with E-state index in [1.54, 1.807) is 0 Å². The molecule has 0 bridgehead atoms. The lowest BCUT2D eigenvalue weighted by molar-refractivity contribution is -0.0991. The van der Waals surface area contributed by atoms with E-state index in [4.69, 9.17) is 9.47 Å². The Kier molecular flexibility index (Phi) is 6.97. The van der Waals surface area contributed by atoms with E-state index < -0.39 is 0 Å². The molecule has 2 rings (SSSR count). The second-order valence-electron chi connectivity index (χ2n) is 7.35. The van der Waals surface area contributed by atoms with Gasteiger partial charge >= 0.3 is 0 Å². The normalized spacial score (nSPS) is 27.9. The summed E-state index contributed by atoms with van der Waals surface area (Å²) in [5.74, 6) is 1.41. The molecular formula is C18H35NO2. The van der Waals surface area contributed by atoms with Crippen LogP contribution in [0.3, 0.4) is 0 Å². The summed E-state index contributed by atoms with van der Waals surface area (Å²) < 4.78 is 11.5. The van der Waals surface area contributed by atoms with Gasteiger partial charge in [0.2, 0.25) is 0 Å². The minimum atomic E-state index is 0.236. The summed E-state index contributed by atoms with van der Waals surface area (Å²) in [5.41, 5.74) is 0.236. The summed E-state index contributed by atoms with van der Waals surface area (Å²) in [6, 6.07) is 0.636. The highest BCUT2D eigenvalue weighted by molar-refractivity contribution is 4.94. The second-order valence-corrected chi connectivity index (χ2v) is 7.35. The molecule has 0 amide bonds. The van der Waals surface area contributed by atoms with Crippen molar-refractivity contribution in [3.8, 4) is 0 Å². The van der Waals surface area contributed by atoms with Gasteiger partial charge < -0.3 is 14.8 Å². The van der Waals surface area contributed by atoms with Crippen molar-refractivity contribution in [1.82, 2.24) is 5.32 Å². The van der Waals surface area contributed by atoms with Crippen LogP contribution in [0.5, 0.6) is 0 Å². The van der Waals surface area contributed by atoms with Crippen LogP contribution in [0.2, 0.25) is 0 Å². The van der Waals surface area contributed by atoms with Gasteiger partial charge in [0.05, 0.1) is 5.60 Å². The Morgan fingerprint density at radius 1 is 1.33 bits per heavy atom. The fraction of sp³-hybridized carbons (Fsp3) is 1.00. The van der Waals surface area contributed by atoms with Crippen LogP contribution >= 0.6 is 0 Å². The zero-order valence-electron chi connectivity index (χ0n) is 14.3. The lowest BCUT2D eigenvalue weighted by Crippen LogP contribution is -2.46. The van der Waals surface area contributed by atoms with Crippen LogP contribution in [-0.2, 0) is 9.47 Å². The quantitative estimate of drug-likeness (QED) is 0.740. The zero-order valence-corrected chi connectivity index (χ0v) is 14.3. The lowest BCUT2D eigenvalue weighted by Gasteiger charge is -2.42. The predicted molar refractivity (Wildman–Crippen MR) is 87.6 cm³/mol. The Morgan fingerprint density at radius 2 is 2.10 bits per heavy atom. The third kappa shape index (κ3) is 4.94. The second kappa shape index (κ2) is 8.50. The minimum absolute atomic E-state index is 0.236. The Morgan fingerprint density at radius 3 is 2.76 bits per heavy atom. The summed E-state index contributed by atoms with van der Waals surface area (Å²) >= 11 is 0. The van der Waals surface area contributed by atoms with Gasteiger partial charge in [0, 0.05) is 26.4 Å². The monoisotopic (exact) mass is 297 g/mol. The first-order valence-corrected chi connectivity index (χ1v) is 9.05. The Hall–Kier alpha value is -0.120. The molecule has 1 aliphatic carbocycles. The first kappa shape index (κ1) is 17.2. The van der Waals surface area contributed by atoms with Gasteiger partial charge in [-0.1, -0.05) is 26.7 Å². The van der Waals surface area contributed by atoms with Crippen molar-refractivity contribution >= 4 is 0 Å². The van der Waals surface area contributed by atoms with Crippen LogP contribution < -0.4 is 5.32 Å². The maximum Gasteiger partial charge on any atom is 0.0685 e. The first-order chi connectivity index (χ1) is 10.2. The van der Waals surface area contributed by atoms with Gasteiger partial charge in [-0.15, -0.1) is 0 Å². The average molecular weight is 297 g/mol. The molecule has 1 N–H and O–H groups in total. The summed E-state index contributed by atoms with van der Waals surface area (Å²) in [6.07, 6.45) is 10.2. The van der Waals surface area contributed by atoms with E-state index in [9.17, 15) is 0 Å². The molecule has 1 saturated heterocycles. The van der Waals surface area contributed by atoms with E-state index in [0.29, 0.717) is 12.0 Å². The summed E-state index contributed by atoms with van der Waals surface area (Å²) in [7, 11) is 1.81. The number of hydrogen-bond acceptors (Lipinski definition) is 3. The molecule has 3 heteroatoms. The standard InChI is InChI=1S/C18H35NO2/c1-4-10-19-17(12-15(2)14-20-3)16-7-11-21-18(13-16)8-5-6-9-18/h15-17,19H,4-14H2,1-3H3. The third-order valence-electron chi connectivity index (χ3n) is 5.38. The smallest absolute Gasteiger partial charge is 0.0685 e. The van der Waals surface area contributed by atoms with Gasteiger partial charge in [0.25, 0.3) is 0 Å². The molecule has 2 aliphatic rings. The summed E-state index contributed by atoms with van der Waals surface area (Å²) in [5, 5.41) is 3.82. The Labute approximate surface area is 131 Å². The molecule has 0 aromatic carbocycles. The molecule has 21 heavy (non-hydrogen) atoms. The highest BCUT2D eigenvalue weighted by Gasteiger charge is 2.41. The average Bonchev–Trinajstić information content (AvgIpc) is 2.91. The fourth-order valence-corrected chi connectivity index (χ4v) is 4.34. The van der Waals surface area contributed by atoms with E-state index in [1.807, 2.05) is 7.11 Å². The highest BCUT2D eigenvalue weighted by Crippen LogP contribution is 2.43. The molecule has 2 fully saturated rings.